The number of carbonyl (C=O) groups excluding carboxylic acids is 1. The molecule has 2 aromatic heterocycles. The summed E-state index contributed by atoms with van der Waals surface area (Å²) in [6, 6.07) is 7.93. The molecule has 3 aromatic rings. The molecule has 1 aliphatic heterocycles. The van der Waals surface area contributed by atoms with Crippen LogP contribution in [0.5, 0.6) is 0 Å². The second-order valence-corrected chi connectivity index (χ2v) is 7.62. The highest BCUT2D eigenvalue weighted by atomic mass is 16.8. The van der Waals surface area contributed by atoms with Gasteiger partial charge in [-0.25, -0.2) is 9.88 Å². The number of carbonyl (C=O) groups is 1. The molecule has 3 heterocycles. The van der Waals surface area contributed by atoms with E-state index >= 15 is 0 Å². The highest BCUT2D eigenvalue weighted by Gasteiger charge is 2.34. The normalized spacial score (nSPS) is 16.0. The van der Waals surface area contributed by atoms with Gasteiger partial charge in [0.15, 0.2) is 0 Å². The largest absolute Gasteiger partial charge is 0.348 e. The number of nitrogens with one attached hydrogen (secondary N) is 1. The number of pyridine rings is 1. The minimum atomic E-state index is -2.28. The smallest absolute Gasteiger partial charge is 0.330 e. The fourth-order valence-electron chi connectivity index (χ4n) is 3.67. The van der Waals surface area contributed by atoms with Crippen LogP contribution in [-0.2, 0) is 16.6 Å². The Kier molecular flexibility index (Phi) is 5.99. The molecule has 1 saturated heterocycles. The molecular formula is C21H26N6O4. The van der Waals surface area contributed by atoms with Crippen LogP contribution in [0.3, 0.4) is 0 Å². The Labute approximate surface area is 179 Å². The van der Waals surface area contributed by atoms with E-state index < -0.39 is 6.10 Å². The van der Waals surface area contributed by atoms with E-state index in [1.54, 1.807) is 10.9 Å². The molecule has 1 fully saturated rings. The maximum Gasteiger partial charge on any atom is 0.348 e. The van der Waals surface area contributed by atoms with E-state index in [1.807, 2.05) is 42.5 Å². The van der Waals surface area contributed by atoms with E-state index in [0.717, 1.165) is 21.9 Å². The van der Waals surface area contributed by atoms with Crippen molar-refractivity contribution >= 4 is 22.5 Å². The predicted octanol–water partition coefficient (Wildman–Crippen LogP) is 0.434. The summed E-state index contributed by atoms with van der Waals surface area (Å²) in [6.45, 7) is 1.97. The van der Waals surface area contributed by atoms with Crippen molar-refractivity contribution in [2.24, 2.45) is 7.05 Å². The Morgan fingerprint density at radius 2 is 1.90 bits per heavy atom. The molecule has 164 valence electrons. The van der Waals surface area contributed by atoms with Crippen molar-refractivity contribution in [2.75, 3.05) is 45.2 Å². The van der Waals surface area contributed by atoms with Crippen molar-refractivity contribution in [3.8, 4) is 11.1 Å². The van der Waals surface area contributed by atoms with Gasteiger partial charge in [-0.05, 0) is 23.1 Å². The minimum absolute atomic E-state index is 0.172. The molecule has 1 aromatic carbocycles. The van der Waals surface area contributed by atoms with Gasteiger partial charge in [0, 0.05) is 63.7 Å². The Morgan fingerprint density at radius 1 is 1.13 bits per heavy atom. The van der Waals surface area contributed by atoms with Crippen LogP contribution in [-0.4, -0.2) is 86.6 Å². The zero-order valence-corrected chi connectivity index (χ0v) is 17.5. The molecule has 0 saturated carbocycles. The van der Waals surface area contributed by atoms with Gasteiger partial charge >= 0.3 is 6.10 Å². The first kappa shape index (κ1) is 21.3. The Balaban J connectivity index is 1.38. The van der Waals surface area contributed by atoms with Crippen molar-refractivity contribution in [1.82, 2.24) is 24.6 Å². The topological polar surface area (TPSA) is 116 Å². The number of amides is 1. The maximum atomic E-state index is 12.5. The molecule has 0 spiro atoms. The van der Waals surface area contributed by atoms with Gasteiger partial charge in [-0.15, -0.1) is 0 Å². The Bertz CT molecular complexity index is 1070. The lowest BCUT2D eigenvalue weighted by molar-refractivity contribution is -0.406. The predicted molar refractivity (Wildman–Crippen MR) is 115 cm³/mol. The van der Waals surface area contributed by atoms with E-state index in [0.29, 0.717) is 32.0 Å². The zero-order valence-electron chi connectivity index (χ0n) is 17.5. The lowest BCUT2D eigenvalue weighted by atomic mass is 10.1. The van der Waals surface area contributed by atoms with Crippen LogP contribution in [0, 0.1) is 0 Å². The van der Waals surface area contributed by atoms with E-state index in [1.165, 1.54) is 12.0 Å². The van der Waals surface area contributed by atoms with Crippen LogP contribution < -0.4 is 5.32 Å². The number of aromatic nitrogens is 3. The number of rotatable bonds is 6. The molecule has 0 aliphatic carbocycles. The van der Waals surface area contributed by atoms with Crippen LogP contribution >= 0.6 is 0 Å². The third-order valence-electron chi connectivity index (χ3n) is 5.45. The summed E-state index contributed by atoms with van der Waals surface area (Å²) in [7, 11) is 3.11. The Hall–Kier alpha value is -2.89. The summed E-state index contributed by atoms with van der Waals surface area (Å²) in [5.41, 5.74) is 2.07. The summed E-state index contributed by atoms with van der Waals surface area (Å²) in [5, 5.41) is 28.5. The fourth-order valence-corrected chi connectivity index (χ4v) is 3.67. The van der Waals surface area contributed by atoms with Crippen LogP contribution in [0.2, 0.25) is 0 Å². The van der Waals surface area contributed by atoms with Crippen molar-refractivity contribution in [2.45, 2.75) is 6.10 Å². The second-order valence-electron chi connectivity index (χ2n) is 7.62. The number of methoxy groups -OCH3 is 1. The first-order valence-corrected chi connectivity index (χ1v) is 10.00. The summed E-state index contributed by atoms with van der Waals surface area (Å²) >= 11 is 0. The van der Waals surface area contributed by atoms with Gasteiger partial charge in [-0.3, -0.25) is 14.4 Å². The summed E-state index contributed by atoms with van der Waals surface area (Å²) in [5.74, 6) is 0.318. The monoisotopic (exact) mass is 426 g/mol. The third kappa shape index (κ3) is 4.89. The quantitative estimate of drug-likeness (QED) is 0.486. The second kappa shape index (κ2) is 8.69. The van der Waals surface area contributed by atoms with Crippen LogP contribution in [0.4, 0.5) is 5.82 Å². The number of hydrogen-bond donors (Lipinski definition) is 3. The number of hydrogen-bond acceptors (Lipinski definition) is 8. The van der Waals surface area contributed by atoms with Crippen molar-refractivity contribution in [3.05, 3.63) is 42.9 Å². The molecule has 10 nitrogen and oxygen atoms in total. The SMILES string of the molecule is COC(O)(O)N1CCN(CC(=O)Nc2cc3cc(-c4cnn(C)c4)ccc3cn2)CC1. The zero-order chi connectivity index (χ0) is 22.0. The van der Waals surface area contributed by atoms with E-state index in [-0.39, 0.29) is 12.5 Å². The molecule has 0 radical (unpaired) electrons. The highest BCUT2D eigenvalue weighted by Crippen LogP contribution is 2.25. The summed E-state index contributed by atoms with van der Waals surface area (Å²) < 4.78 is 6.43. The molecule has 10 heteroatoms. The van der Waals surface area contributed by atoms with Crippen LogP contribution in [0.15, 0.2) is 42.9 Å². The molecule has 1 amide bonds. The van der Waals surface area contributed by atoms with Crippen LogP contribution in [0.1, 0.15) is 0 Å². The van der Waals surface area contributed by atoms with E-state index in [9.17, 15) is 15.0 Å². The molecular weight excluding hydrogens is 400 g/mol. The average Bonchev–Trinajstić information content (AvgIpc) is 3.20. The van der Waals surface area contributed by atoms with Gasteiger partial charge in [-0.2, -0.15) is 5.10 Å². The van der Waals surface area contributed by atoms with Gasteiger partial charge in [0.25, 0.3) is 0 Å². The number of benzene rings is 1. The van der Waals surface area contributed by atoms with Crippen LogP contribution in [0.25, 0.3) is 21.9 Å². The summed E-state index contributed by atoms with van der Waals surface area (Å²) in [4.78, 5) is 20.2. The first-order chi connectivity index (χ1) is 14.8. The number of ether oxygens (including phenoxy) is 1. The standard InChI is InChI=1S/C21H26N6O4/c1-25-13-18(12-23-25)15-3-4-16-11-22-19(10-17(16)9-15)24-20(28)14-26-5-7-27(8-6-26)21(29,30)31-2/h3-4,9-13,29-30H,5-8,14H2,1-2H3,(H,22,24,28). The molecule has 4 rings (SSSR count). The number of fused-ring (bicyclic) bond motifs is 1. The van der Waals surface area contributed by atoms with Gasteiger partial charge in [-0.1, -0.05) is 12.1 Å². The summed E-state index contributed by atoms with van der Waals surface area (Å²) in [6.07, 6.45) is 3.23. The molecule has 0 bridgehead atoms. The number of anilines is 1. The van der Waals surface area contributed by atoms with Crippen molar-refractivity contribution < 1.29 is 19.7 Å². The van der Waals surface area contributed by atoms with Gasteiger partial charge in [0.05, 0.1) is 12.7 Å². The maximum absolute atomic E-state index is 12.5. The van der Waals surface area contributed by atoms with Gasteiger partial charge < -0.3 is 20.3 Å². The number of piperazine rings is 1. The van der Waals surface area contributed by atoms with Crippen molar-refractivity contribution in [1.29, 1.82) is 0 Å². The van der Waals surface area contributed by atoms with Gasteiger partial charge in [0.2, 0.25) is 5.91 Å². The number of aryl methyl sites for hydroxylation is 1. The molecule has 31 heavy (non-hydrogen) atoms. The van der Waals surface area contributed by atoms with Gasteiger partial charge in [0.1, 0.15) is 5.82 Å². The van der Waals surface area contributed by atoms with E-state index in [4.69, 9.17) is 0 Å². The molecule has 1 aliphatic rings. The van der Waals surface area contributed by atoms with Crippen molar-refractivity contribution in [3.63, 3.8) is 0 Å². The molecule has 0 unspecified atom stereocenters. The lowest BCUT2D eigenvalue weighted by Gasteiger charge is -2.39. The van der Waals surface area contributed by atoms with E-state index in [2.05, 4.69) is 26.2 Å². The minimum Gasteiger partial charge on any atom is -0.330 e. The fraction of sp³-hybridized carbons (Fsp3) is 0.381. The molecule has 0 atom stereocenters. The number of aliphatic hydroxyl groups is 2. The Morgan fingerprint density at radius 3 is 2.58 bits per heavy atom. The third-order valence-corrected chi connectivity index (χ3v) is 5.45. The average molecular weight is 426 g/mol. The lowest BCUT2D eigenvalue weighted by Crippen LogP contribution is -2.58. The number of nitrogens with zero attached hydrogens (tertiary/aromatic N) is 5. The molecule has 3 N–H and O–H groups in total. The highest BCUT2D eigenvalue weighted by molar-refractivity contribution is 5.94. The first-order valence-electron chi connectivity index (χ1n) is 10.00.